The lowest BCUT2D eigenvalue weighted by atomic mass is 9.64. The van der Waals surface area contributed by atoms with Crippen LogP contribution in [-0.4, -0.2) is 16.6 Å². The molecule has 0 fully saturated rings. The normalized spacial score (nSPS) is 21.6. The number of carbonyl (C=O) groups is 2. The molecule has 0 saturated heterocycles. The number of ketones is 1. The molecule has 2 aliphatic heterocycles. The number of nitro groups is 1. The molecule has 2 aromatic carbocycles. The van der Waals surface area contributed by atoms with Crippen LogP contribution in [0.1, 0.15) is 30.4 Å². The molecular weight excluding hydrogens is 422 g/mol. The Morgan fingerprint density at radius 1 is 1.21 bits per heavy atom. The van der Waals surface area contributed by atoms with Crippen molar-refractivity contribution >= 4 is 28.8 Å². The third-order valence-corrected chi connectivity index (χ3v) is 6.57. The van der Waals surface area contributed by atoms with E-state index in [4.69, 9.17) is 5.73 Å². The number of rotatable bonds is 2. The van der Waals surface area contributed by atoms with Crippen LogP contribution < -0.4 is 16.0 Å². The molecule has 0 bridgehead atoms. The number of allylic oxidation sites excluding steroid dienone is 1. The van der Waals surface area contributed by atoms with Gasteiger partial charge >= 0.3 is 0 Å². The minimum absolute atomic E-state index is 0.0308. The number of nitrogens with zero attached hydrogens (tertiary/aromatic N) is 3. The predicted molar refractivity (Wildman–Crippen MR) is 120 cm³/mol. The first-order valence-corrected chi connectivity index (χ1v) is 10.5. The van der Waals surface area contributed by atoms with Crippen molar-refractivity contribution in [3.8, 4) is 6.07 Å². The number of hydrogen-bond donors (Lipinski definition) is 2. The van der Waals surface area contributed by atoms with E-state index < -0.39 is 16.2 Å². The van der Waals surface area contributed by atoms with Crippen molar-refractivity contribution in [3.63, 3.8) is 0 Å². The van der Waals surface area contributed by atoms with Crippen molar-refractivity contribution in [1.82, 2.24) is 0 Å². The first-order chi connectivity index (χ1) is 15.8. The second-order valence-corrected chi connectivity index (χ2v) is 8.28. The number of nitrogens with one attached hydrogen (secondary N) is 1. The maximum Gasteiger partial charge on any atom is 0.269 e. The number of Topliss-reactive ketones (excluding diaryl/α,β-unsaturated/α-hetero) is 1. The zero-order valence-electron chi connectivity index (χ0n) is 17.7. The Kier molecular flexibility index (Phi) is 4.36. The molecular formula is C24H19N5O4. The van der Waals surface area contributed by atoms with Gasteiger partial charge in [-0.2, -0.15) is 5.26 Å². The van der Waals surface area contributed by atoms with E-state index in [1.165, 1.54) is 12.1 Å². The summed E-state index contributed by atoms with van der Waals surface area (Å²) in [5, 5.41) is 24.3. The fraction of sp³-hybridized carbons (Fsp3) is 0.208. The van der Waals surface area contributed by atoms with E-state index in [1.807, 2.05) is 0 Å². The van der Waals surface area contributed by atoms with Gasteiger partial charge in [-0.15, -0.1) is 0 Å². The Morgan fingerprint density at radius 3 is 2.67 bits per heavy atom. The number of aryl methyl sites for hydroxylation is 1. The van der Waals surface area contributed by atoms with Gasteiger partial charge in [0, 0.05) is 41.1 Å². The van der Waals surface area contributed by atoms with Gasteiger partial charge in [-0.25, -0.2) is 0 Å². The molecule has 0 radical (unpaired) electrons. The number of hydrogen-bond acceptors (Lipinski definition) is 7. The average Bonchev–Trinajstić information content (AvgIpc) is 3.07. The number of non-ortho nitro benzene ring substituents is 1. The Balaban J connectivity index is 1.85. The van der Waals surface area contributed by atoms with E-state index in [0.29, 0.717) is 41.0 Å². The van der Waals surface area contributed by atoms with Crippen LogP contribution in [0.25, 0.3) is 0 Å². The van der Waals surface area contributed by atoms with Crippen LogP contribution in [0.15, 0.2) is 65.1 Å². The molecule has 9 nitrogen and oxygen atoms in total. The summed E-state index contributed by atoms with van der Waals surface area (Å²) in [6.07, 6.45) is 1.28. The van der Waals surface area contributed by atoms with Crippen molar-refractivity contribution in [3.05, 3.63) is 86.4 Å². The second-order valence-electron chi connectivity index (χ2n) is 8.28. The van der Waals surface area contributed by atoms with Crippen LogP contribution in [0.5, 0.6) is 0 Å². The van der Waals surface area contributed by atoms with Gasteiger partial charge in [0.2, 0.25) is 5.91 Å². The van der Waals surface area contributed by atoms with Gasteiger partial charge in [-0.3, -0.25) is 24.6 Å². The molecule has 3 aliphatic rings. The Hall–Kier alpha value is -4.45. The number of fused-ring (bicyclic) bond motifs is 3. The Bertz CT molecular complexity index is 1380. The fourth-order valence-corrected chi connectivity index (χ4v) is 5.23. The molecule has 1 unspecified atom stereocenters. The zero-order chi connectivity index (χ0) is 23.5. The third kappa shape index (κ3) is 2.58. The number of nitriles is 1. The number of benzene rings is 2. The van der Waals surface area contributed by atoms with Gasteiger partial charge in [0.25, 0.3) is 5.69 Å². The van der Waals surface area contributed by atoms with Crippen molar-refractivity contribution in [2.24, 2.45) is 5.73 Å². The quantitative estimate of drug-likeness (QED) is 0.538. The lowest BCUT2D eigenvalue weighted by molar-refractivity contribution is -0.384. The molecule has 1 aliphatic carbocycles. The van der Waals surface area contributed by atoms with Crippen LogP contribution in [0.3, 0.4) is 0 Å². The van der Waals surface area contributed by atoms with Gasteiger partial charge in [0.1, 0.15) is 17.3 Å². The molecule has 164 valence electrons. The predicted octanol–water partition coefficient (Wildman–Crippen LogP) is 3.31. The summed E-state index contributed by atoms with van der Waals surface area (Å²) in [5.74, 6) is -0.659. The molecule has 2 aromatic rings. The summed E-state index contributed by atoms with van der Waals surface area (Å²) in [6.45, 7) is 1.70. The zero-order valence-corrected chi connectivity index (χ0v) is 17.7. The maximum absolute atomic E-state index is 13.5. The van der Waals surface area contributed by atoms with Crippen LogP contribution in [0.2, 0.25) is 0 Å². The molecule has 33 heavy (non-hydrogen) atoms. The van der Waals surface area contributed by atoms with Crippen molar-refractivity contribution in [2.75, 3.05) is 10.2 Å². The summed E-state index contributed by atoms with van der Waals surface area (Å²) in [4.78, 5) is 39.3. The second kappa shape index (κ2) is 7.03. The molecule has 1 amide bonds. The highest BCUT2D eigenvalue weighted by molar-refractivity contribution is 6.19. The highest BCUT2D eigenvalue weighted by atomic mass is 16.6. The number of para-hydroxylation sites is 1. The highest BCUT2D eigenvalue weighted by Gasteiger charge is 2.60. The maximum atomic E-state index is 13.5. The minimum atomic E-state index is -1.62. The van der Waals surface area contributed by atoms with E-state index in [2.05, 4.69) is 11.4 Å². The fourth-order valence-electron chi connectivity index (χ4n) is 5.23. The SMILES string of the molecule is Cc1cc([N+](=O)[O-])ccc1N1C(N)=C(C#N)C2(C(=O)Nc3ccccc32)C2=C1CCCC2=O. The monoisotopic (exact) mass is 441 g/mol. The highest BCUT2D eigenvalue weighted by Crippen LogP contribution is 2.55. The summed E-state index contributed by atoms with van der Waals surface area (Å²) in [5.41, 5.74) is 7.79. The van der Waals surface area contributed by atoms with E-state index in [0.717, 1.165) is 0 Å². The van der Waals surface area contributed by atoms with Crippen molar-refractivity contribution in [1.29, 1.82) is 5.26 Å². The van der Waals surface area contributed by atoms with Gasteiger partial charge in [0.15, 0.2) is 5.78 Å². The molecule has 5 rings (SSSR count). The molecule has 1 spiro atoms. The molecule has 2 heterocycles. The molecule has 1 atom stereocenters. The lowest BCUT2D eigenvalue weighted by Gasteiger charge is -2.43. The van der Waals surface area contributed by atoms with Crippen molar-refractivity contribution in [2.45, 2.75) is 31.6 Å². The smallest absolute Gasteiger partial charge is 0.269 e. The van der Waals surface area contributed by atoms with Crippen molar-refractivity contribution < 1.29 is 14.5 Å². The number of nitro benzene ring substituents is 1. The summed E-state index contributed by atoms with van der Waals surface area (Å²) < 4.78 is 0. The number of amides is 1. The van der Waals surface area contributed by atoms with E-state index in [9.17, 15) is 25.0 Å². The largest absolute Gasteiger partial charge is 0.384 e. The third-order valence-electron chi connectivity index (χ3n) is 6.57. The lowest BCUT2D eigenvalue weighted by Crippen LogP contribution is -2.50. The molecule has 0 saturated carbocycles. The van der Waals surface area contributed by atoms with Gasteiger partial charge < -0.3 is 11.1 Å². The van der Waals surface area contributed by atoms with Gasteiger partial charge in [0.05, 0.1) is 16.2 Å². The number of nitrogens with two attached hydrogens (primary N) is 1. The standard InChI is InChI=1S/C24H19N5O4/c1-13-11-14(29(32)33)9-10-18(13)28-19-7-4-8-20(30)21(19)24(16(12-25)22(28)26)15-5-2-3-6-17(15)27-23(24)31/h2-3,5-6,9-11H,4,7-8,26H2,1H3,(H,27,31). The minimum Gasteiger partial charge on any atom is -0.384 e. The summed E-state index contributed by atoms with van der Waals surface area (Å²) >= 11 is 0. The molecule has 0 aromatic heterocycles. The van der Waals surface area contributed by atoms with Crippen LogP contribution in [0.4, 0.5) is 17.1 Å². The number of carbonyl (C=O) groups excluding carboxylic acids is 2. The summed E-state index contributed by atoms with van der Waals surface area (Å²) in [6, 6.07) is 13.4. The van der Waals surface area contributed by atoms with Gasteiger partial charge in [-0.1, -0.05) is 18.2 Å². The Morgan fingerprint density at radius 2 is 1.97 bits per heavy atom. The van der Waals surface area contributed by atoms with Crippen LogP contribution >= 0.6 is 0 Å². The number of anilines is 2. The first-order valence-electron chi connectivity index (χ1n) is 10.5. The average molecular weight is 441 g/mol. The topological polar surface area (TPSA) is 142 Å². The molecule has 9 heteroatoms. The van der Waals surface area contributed by atoms with E-state index in [1.54, 1.807) is 42.2 Å². The van der Waals surface area contributed by atoms with Crippen LogP contribution in [0, 0.1) is 28.4 Å². The Labute approximate surface area is 188 Å². The van der Waals surface area contributed by atoms with E-state index >= 15 is 0 Å². The van der Waals surface area contributed by atoms with Crippen LogP contribution in [-0.2, 0) is 15.0 Å². The molecule has 3 N–H and O–H groups in total. The van der Waals surface area contributed by atoms with E-state index in [-0.39, 0.29) is 34.9 Å². The first kappa shape index (κ1) is 20.5. The summed E-state index contributed by atoms with van der Waals surface area (Å²) in [7, 11) is 0. The van der Waals surface area contributed by atoms with Gasteiger partial charge in [-0.05, 0) is 37.5 Å².